The Morgan fingerprint density at radius 2 is 2.38 bits per heavy atom. The molecule has 0 spiro atoms. The minimum atomic E-state index is 0.0301. The Kier molecular flexibility index (Phi) is 2.20. The van der Waals surface area contributed by atoms with Gasteiger partial charge in [0.15, 0.2) is 0 Å². The molecule has 0 fully saturated rings. The van der Waals surface area contributed by atoms with Gasteiger partial charge in [-0.1, -0.05) is 10.6 Å². The summed E-state index contributed by atoms with van der Waals surface area (Å²) in [7, 11) is 0. The molecule has 0 aromatic carbocycles. The van der Waals surface area contributed by atoms with Crippen molar-refractivity contribution in [3.63, 3.8) is 0 Å². The van der Waals surface area contributed by atoms with Crippen LogP contribution in [-0.2, 0) is 0 Å². The van der Waals surface area contributed by atoms with Gasteiger partial charge in [-0.05, 0) is 29.9 Å². The molecule has 0 bridgehead atoms. The van der Waals surface area contributed by atoms with Crippen LogP contribution < -0.4 is 0 Å². The van der Waals surface area contributed by atoms with Crippen molar-refractivity contribution in [1.82, 2.24) is 9.59 Å². The number of hydrogen-bond acceptors (Lipinski definition) is 5. The Morgan fingerprint density at radius 1 is 1.54 bits per heavy atom. The van der Waals surface area contributed by atoms with Crippen LogP contribution in [-0.4, -0.2) is 15.4 Å². The quantitative estimate of drug-likeness (QED) is 0.713. The van der Waals surface area contributed by atoms with Gasteiger partial charge in [0.05, 0.1) is 10.6 Å². The number of aryl methyl sites for hydroxylation is 1. The molecule has 3 nitrogen and oxygen atoms in total. The van der Waals surface area contributed by atoms with E-state index in [4.69, 9.17) is 0 Å². The molecule has 5 heteroatoms. The molecule has 2 aromatic rings. The summed E-state index contributed by atoms with van der Waals surface area (Å²) in [6.07, 6.45) is 0. The van der Waals surface area contributed by atoms with Gasteiger partial charge in [0, 0.05) is 0 Å². The summed E-state index contributed by atoms with van der Waals surface area (Å²) in [5.41, 5.74) is 0.711. The first-order chi connectivity index (χ1) is 6.29. The van der Waals surface area contributed by atoms with Crippen LogP contribution in [0.4, 0.5) is 0 Å². The maximum Gasteiger partial charge on any atom is 0.216 e. The number of carbonyl (C=O) groups is 1. The lowest BCUT2D eigenvalue weighted by Crippen LogP contribution is -1.97. The third-order valence-corrected chi connectivity index (χ3v) is 3.30. The lowest BCUT2D eigenvalue weighted by molar-refractivity contribution is 0.104. The van der Waals surface area contributed by atoms with E-state index in [0.717, 1.165) is 16.4 Å². The van der Waals surface area contributed by atoms with Gasteiger partial charge in [0.1, 0.15) is 4.88 Å². The molecule has 0 atom stereocenters. The highest BCUT2D eigenvalue weighted by Crippen LogP contribution is 2.18. The smallest absolute Gasteiger partial charge is 0.216 e. The maximum absolute atomic E-state index is 11.7. The van der Waals surface area contributed by atoms with Crippen LogP contribution in [0.25, 0.3) is 0 Å². The average molecular weight is 210 g/mol. The lowest BCUT2D eigenvalue weighted by atomic mass is 10.2. The lowest BCUT2D eigenvalue weighted by Gasteiger charge is -1.91. The van der Waals surface area contributed by atoms with Gasteiger partial charge in [-0.25, -0.2) is 0 Å². The Bertz CT molecular complexity index is 419. The minimum absolute atomic E-state index is 0.0301. The zero-order valence-corrected chi connectivity index (χ0v) is 8.48. The van der Waals surface area contributed by atoms with Gasteiger partial charge < -0.3 is 0 Å². The fourth-order valence-corrected chi connectivity index (χ4v) is 2.30. The van der Waals surface area contributed by atoms with Crippen LogP contribution in [0.2, 0.25) is 0 Å². The van der Waals surface area contributed by atoms with Crippen molar-refractivity contribution >= 4 is 28.7 Å². The Labute approximate surface area is 83.2 Å². The van der Waals surface area contributed by atoms with Crippen LogP contribution in [0.5, 0.6) is 0 Å². The summed E-state index contributed by atoms with van der Waals surface area (Å²) in [5, 5.41) is 5.69. The monoisotopic (exact) mass is 210 g/mol. The van der Waals surface area contributed by atoms with Crippen LogP contribution >= 0.6 is 22.9 Å². The van der Waals surface area contributed by atoms with E-state index in [1.54, 1.807) is 6.92 Å². The number of rotatable bonds is 2. The van der Waals surface area contributed by atoms with E-state index in [1.807, 2.05) is 17.5 Å². The normalized spacial score (nSPS) is 10.2. The van der Waals surface area contributed by atoms with E-state index in [0.29, 0.717) is 10.6 Å². The van der Waals surface area contributed by atoms with Crippen LogP contribution in [0, 0.1) is 6.92 Å². The molecule has 0 radical (unpaired) electrons. The van der Waals surface area contributed by atoms with Gasteiger partial charge in [-0.3, -0.25) is 4.79 Å². The number of carbonyl (C=O) groups excluding carboxylic acids is 1. The maximum atomic E-state index is 11.7. The summed E-state index contributed by atoms with van der Waals surface area (Å²) in [6, 6.07) is 3.67. The summed E-state index contributed by atoms with van der Waals surface area (Å²) < 4.78 is 3.73. The summed E-state index contributed by atoms with van der Waals surface area (Å²) >= 11 is 2.59. The van der Waals surface area contributed by atoms with Crippen LogP contribution in [0.1, 0.15) is 20.2 Å². The molecule has 0 aliphatic rings. The minimum Gasteiger partial charge on any atom is -0.287 e. The summed E-state index contributed by atoms with van der Waals surface area (Å²) in [6.45, 7) is 1.80. The second-order valence-electron chi connectivity index (χ2n) is 2.49. The molecular formula is C8H6N2OS2. The second-order valence-corrected chi connectivity index (χ2v) is 4.20. The van der Waals surface area contributed by atoms with Crippen molar-refractivity contribution in [3.05, 3.63) is 33.0 Å². The van der Waals surface area contributed by atoms with E-state index in [1.165, 1.54) is 11.3 Å². The predicted octanol–water partition coefficient (Wildman–Crippen LogP) is 2.14. The van der Waals surface area contributed by atoms with E-state index < -0.39 is 0 Å². The molecule has 0 aliphatic heterocycles. The van der Waals surface area contributed by atoms with Crippen molar-refractivity contribution in [2.45, 2.75) is 6.92 Å². The van der Waals surface area contributed by atoms with Gasteiger partial charge in [0.25, 0.3) is 0 Å². The number of aromatic nitrogens is 2. The molecule has 2 rings (SSSR count). The number of hydrogen-bond donors (Lipinski definition) is 0. The molecule has 0 aliphatic carbocycles. The van der Waals surface area contributed by atoms with Gasteiger partial charge in [0.2, 0.25) is 5.78 Å². The third kappa shape index (κ3) is 1.52. The van der Waals surface area contributed by atoms with Crippen molar-refractivity contribution in [2.24, 2.45) is 0 Å². The molecule has 66 valence electrons. The zero-order chi connectivity index (χ0) is 9.26. The predicted molar refractivity (Wildman–Crippen MR) is 52.4 cm³/mol. The molecule has 0 N–H and O–H groups in total. The molecule has 2 heterocycles. The van der Waals surface area contributed by atoms with Crippen LogP contribution in [0.15, 0.2) is 17.5 Å². The van der Waals surface area contributed by atoms with Crippen LogP contribution in [0.3, 0.4) is 0 Å². The third-order valence-electron chi connectivity index (χ3n) is 1.60. The fraction of sp³-hybridized carbons (Fsp3) is 0.125. The van der Waals surface area contributed by atoms with Crippen molar-refractivity contribution < 1.29 is 4.79 Å². The topological polar surface area (TPSA) is 42.9 Å². The molecule has 2 aromatic heterocycles. The highest BCUT2D eigenvalue weighted by molar-refractivity contribution is 7.14. The Balaban J connectivity index is 2.39. The average Bonchev–Trinajstić information content (AvgIpc) is 2.72. The first kappa shape index (κ1) is 8.52. The molecule has 0 saturated carbocycles. The van der Waals surface area contributed by atoms with Gasteiger partial charge in [-0.15, -0.1) is 16.4 Å². The highest BCUT2D eigenvalue weighted by atomic mass is 32.1. The molecule has 0 saturated heterocycles. The number of nitrogens with zero attached hydrogens (tertiary/aromatic N) is 2. The highest BCUT2D eigenvalue weighted by Gasteiger charge is 2.15. The van der Waals surface area contributed by atoms with E-state index in [9.17, 15) is 4.79 Å². The van der Waals surface area contributed by atoms with Crippen molar-refractivity contribution in [2.75, 3.05) is 0 Å². The largest absolute Gasteiger partial charge is 0.287 e. The van der Waals surface area contributed by atoms with E-state index >= 15 is 0 Å². The first-order valence-electron chi connectivity index (χ1n) is 3.66. The Morgan fingerprint density at radius 3 is 2.92 bits per heavy atom. The fourth-order valence-electron chi connectivity index (χ4n) is 0.959. The van der Waals surface area contributed by atoms with Gasteiger partial charge in [-0.2, -0.15) is 0 Å². The SMILES string of the molecule is Cc1nnsc1C(=O)c1cccs1. The van der Waals surface area contributed by atoms with Gasteiger partial charge >= 0.3 is 0 Å². The standard InChI is InChI=1S/C8H6N2OS2/c1-5-8(13-10-9-5)7(11)6-3-2-4-12-6/h2-4H,1H3. The summed E-state index contributed by atoms with van der Waals surface area (Å²) in [5.74, 6) is 0.0301. The van der Waals surface area contributed by atoms with E-state index in [-0.39, 0.29) is 5.78 Å². The van der Waals surface area contributed by atoms with Crippen molar-refractivity contribution in [3.8, 4) is 0 Å². The molecule has 13 heavy (non-hydrogen) atoms. The zero-order valence-electron chi connectivity index (χ0n) is 6.85. The van der Waals surface area contributed by atoms with E-state index in [2.05, 4.69) is 9.59 Å². The number of ketones is 1. The molecule has 0 unspecified atom stereocenters. The number of thiophene rings is 1. The first-order valence-corrected chi connectivity index (χ1v) is 5.31. The van der Waals surface area contributed by atoms with Crippen molar-refractivity contribution in [1.29, 1.82) is 0 Å². The summed E-state index contributed by atoms with van der Waals surface area (Å²) in [4.78, 5) is 13.1. The Hall–Kier alpha value is -1.07. The molecular weight excluding hydrogens is 204 g/mol. The molecule has 0 amide bonds. The second kappa shape index (κ2) is 3.35.